The van der Waals surface area contributed by atoms with E-state index in [-0.39, 0.29) is 12.4 Å². The monoisotopic (exact) mass is 375 g/mol. The lowest BCUT2D eigenvalue weighted by atomic mass is 10.1. The molecule has 4 rings (SSSR count). The number of rotatable bonds is 6. The third-order valence-electron chi connectivity index (χ3n) is 4.18. The van der Waals surface area contributed by atoms with Gasteiger partial charge in [0, 0.05) is 11.1 Å². The van der Waals surface area contributed by atoms with Crippen LogP contribution in [-0.4, -0.2) is 18.1 Å². The van der Waals surface area contributed by atoms with Crippen LogP contribution >= 0.6 is 0 Å². The van der Waals surface area contributed by atoms with Gasteiger partial charge in [0.1, 0.15) is 24.3 Å². The average Bonchev–Trinajstić information content (AvgIpc) is 3.43. The Morgan fingerprint density at radius 1 is 0.964 bits per heavy atom. The first-order valence-corrected chi connectivity index (χ1v) is 8.63. The molecule has 0 saturated carbocycles. The molecule has 0 amide bonds. The van der Waals surface area contributed by atoms with Crippen LogP contribution in [0.5, 0.6) is 5.75 Å². The van der Waals surface area contributed by atoms with Gasteiger partial charge in [-0.1, -0.05) is 30.3 Å². The molecule has 140 valence electrons. The molecule has 0 aliphatic heterocycles. The topological polar surface area (TPSA) is 74.7 Å². The third-order valence-corrected chi connectivity index (χ3v) is 4.18. The molecule has 4 aromatic rings. The first kappa shape index (κ1) is 17.6. The summed E-state index contributed by atoms with van der Waals surface area (Å²) in [6.07, 6.45) is 2.93. The van der Waals surface area contributed by atoms with E-state index in [1.54, 1.807) is 13.2 Å². The van der Waals surface area contributed by atoms with Crippen LogP contribution in [0, 0.1) is 0 Å². The molecule has 2 aromatic heterocycles. The van der Waals surface area contributed by atoms with Crippen LogP contribution in [0.15, 0.2) is 82.0 Å². The zero-order valence-corrected chi connectivity index (χ0v) is 15.1. The van der Waals surface area contributed by atoms with E-state index < -0.39 is 5.97 Å². The van der Waals surface area contributed by atoms with Gasteiger partial charge >= 0.3 is 5.97 Å². The average molecular weight is 375 g/mol. The molecule has 0 aliphatic carbocycles. The van der Waals surface area contributed by atoms with Gasteiger partial charge in [0.15, 0.2) is 0 Å². The van der Waals surface area contributed by atoms with Crippen LogP contribution in [0.3, 0.4) is 0 Å². The minimum Gasteiger partial charge on any atom is -0.497 e. The van der Waals surface area contributed by atoms with Crippen molar-refractivity contribution < 1.29 is 23.1 Å². The molecule has 0 fully saturated rings. The van der Waals surface area contributed by atoms with Crippen molar-refractivity contribution in [3.05, 3.63) is 84.6 Å². The van der Waals surface area contributed by atoms with Gasteiger partial charge in [0.25, 0.3) is 0 Å². The highest BCUT2D eigenvalue weighted by atomic mass is 16.5. The Morgan fingerprint density at radius 2 is 1.75 bits per heavy atom. The summed E-state index contributed by atoms with van der Waals surface area (Å²) in [4.78, 5) is 16.8. The Labute approximate surface area is 161 Å². The van der Waals surface area contributed by atoms with Crippen LogP contribution in [0.25, 0.3) is 22.6 Å². The maximum Gasteiger partial charge on any atom is 0.375 e. The van der Waals surface area contributed by atoms with Crippen molar-refractivity contribution in [3.8, 4) is 28.3 Å². The number of methoxy groups -OCH3 is 1. The first-order chi connectivity index (χ1) is 13.7. The maximum atomic E-state index is 12.4. The fourth-order valence-electron chi connectivity index (χ4n) is 2.76. The number of aromatic nitrogens is 1. The third kappa shape index (κ3) is 3.66. The summed E-state index contributed by atoms with van der Waals surface area (Å²) in [7, 11) is 1.61. The van der Waals surface area contributed by atoms with Crippen LogP contribution in [0.4, 0.5) is 0 Å². The molecule has 2 aromatic carbocycles. The van der Waals surface area contributed by atoms with Gasteiger partial charge in [0.2, 0.25) is 11.7 Å². The highest BCUT2D eigenvalue weighted by molar-refractivity contribution is 5.94. The molecule has 0 bridgehead atoms. The Bertz CT molecular complexity index is 1060. The Morgan fingerprint density at radius 3 is 2.50 bits per heavy atom. The Hall–Kier alpha value is -3.80. The molecule has 0 N–H and O–H groups in total. The first-order valence-electron chi connectivity index (χ1n) is 8.63. The molecular formula is C22H17NO5. The van der Waals surface area contributed by atoms with Crippen molar-refractivity contribution in [1.29, 1.82) is 0 Å². The van der Waals surface area contributed by atoms with Crippen molar-refractivity contribution in [3.63, 3.8) is 0 Å². The van der Waals surface area contributed by atoms with Gasteiger partial charge in [-0.25, -0.2) is 9.78 Å². The zero-order chi connectivity index (χ0) is 19.3. The molecule has 0 radical (unpaired) electrons. The summed E-state index contributed by atoms with van der Waals surface area (Å²) in [6, 6.07) is 18.6. The van der Waals surface area contributed by atoms with Gasteiger partial charge in [-0.05, 0) is 35.9 Å². The lowest BCUT2D eigenvalue weighted by Crippen LogP contribution is -2.05. The van der Waals surface area contributed by atoms with Crippen molar-refractivity contribution in [2.75, 3.05) is 7.11 Å². The SMILES string of the molecule is COc1ccc(-c2nc(COC(=O)c3occc3-c3ccccc3)co2)cc1. The summed E-state index contributed by atoms with van der Waals surface area (Å²) in [5.41, 5.74) is 2.87. The second-order valence-electron chi connectivity index (χ2n) is 5.98. The molecular weight excluding hydrogens is 358 g/mol. The maximum absolute atomic E-state index is 12.4. The predicted molar refractivity (Wildman–Crippen MR) is 102 cm³/mol. The second-order valence-corrected chi connectivity index (χ2v) is 5.98. The number of hydrogen-bond donors (Lipinski definition) is 0. The summed E-state index contributed by atoms with van der Waals surface area (Å²) >= 11 is 0. The van der Waals surface area contributed by atoms with E-state index in [0.29, 0.717) is 17.1 Å². The number of ether oxygens (including phenoxy) is 2. The number of benzene rings is 2. The van der Waals surface area contributed by atoms with Gasteiger partial charge in [0.05, 0.1) is 13.4 Å². The molecule has 28 heavy (non-hydrogen) atoms. The zero-order valence-electron chi connectivity index (χ0n) is 15.1. The fraction of sp³-hybridized carbons (Fsp3) is 0.0909. The molecule has 0 saturated heterocycles. The van der Waals surface area contributed by atoms with E-state index in [0.717, 1.165) is 16.9 Å². The molecule has 0 atom stereocenters. The van der Waals surface area contributed by atoms with Gasteiger partial charge in [-0.2, -0.15) is 0 Å². The van der Waals surface area contributed by atoms with E-state index in [1.165, 1.54) is 12.5 Å². The minimum atomic E-state index is -0.558. The second kappa shape index (κ2) is 7.84. The predicted octanol–water partition coefficient (Wildman–Crippen LogP) is 4.97. The number of furan rings is 1. The smallest absolute Gasteiger partial charge is 0.375 e. The highest BCUT2D eigenvalue weighted by Crippen LogP contribution is 2.26. The molecule has 0 aliphatic rings. The fourth-order valence-corrected chi connectivity index (χ4v) is 2.76. The number of carbonyl (C=O) groups is 1. The Balaban J connectivity index is 1.44. The summed E-state index contributed by atoms with van der Waals surface area (Å²) in [5, 5.41) is 0. The van der Waals surface area contributed by atoms with Gasteiger partial charge < -0.3 is 18.3 Å². The van der Waals surface area contributed by atoms with Crippen LogP contribution in [0.2, 0.25) is 0 Å². The van der Waals surface area contributed by atoms with E-state index in [4.69, 9.17) is 18.3 Å². The molecule has 0 unspecified atom stereocenters. The number of oxazole rings is 1. The standard InChI is InChI=1S/C22H17NO5/c1-25-18-9-7-16(8-10-18)21-23-17(13-27-21)14-28-22(24)20-19(11-12-26-20)15-5-3-2-4-6-15/h2-13H,14H2,1H3. The number of nitrogens with zero attached hydrogens (tertiary/aromatic N) is 1. The largest absolute Gasteiger partial charge is 0.497 e. The number of hydrogen-bond acceptors (Lipinski definition) is 6. The highest BCUT2D eigenvalue weighted by Gasteiger charge is 2.19. The van der Waals surface area contributed by atoms with Crippen LogP contribution < -0.4 is 4.74 Å². The normalized spacial score (nSPS) is 10.6. The summed E-state index contributed by atoms with van der Waals surface area (Å²) < 4.78 is 21.3. The van der Waals surface area contributed by atoms with Gasteiger partial charge in [-0.15, -0.1) is 0 Å². The molecule has 2 heterocycles. The van der Waals surface area contributed by atoms with Crippen molar-refractivity contribution in [1.82, 2.24) is 4.98 Å². The van der Waals surface area contributed by atoms with Crippen LogP contribution in [0.1, 0.15) is 16.2 Å². The quantitative estimate of drug-likeness (QED) is 0.443. The number of esters is 1. The Kier molecular flexibility index (Phi) is 4.93. The van der Waals surface area contributed by atoms with E-state index in [9.17, 15) is 4.79 Å². The lowest BCUT2D eigenvalue weighted by Gasteiger charge is -2.03. The summed E-state index contributed by atoms with van der Waals surface area (Å²) in [6.45, 7) is -0.0204. The van der Waals surface area contributed by atoms with E-state index >= 15 is 0 Å². The van der Waals surface area contributed by atoms with Crippen LogP contribution in [-0.2, 0) is 11.3 Å². The van der Waals surface area contributed by atoms with Crippen molar-refractivity contribution in [2.24, 2.45) is 0 Å². The number of carbonyl (C=O) groups excluding carboxylic acids is 1. The molecule has 6 nitrogen and oxygen atoms in total. The van der Waals surface area contributed by atoms with Crippen molar-refractivity contribution in [2.45, 2.75) is 6.61 Å². The molecule has 0 spiro atoms. The molecule has 6 heteroatoms. The van der Waals surface area contributed by atoms with E-state index in [1.807, 2.05) is 54.6 Å². The van der Waals surface area contributed by atoms with Crippen molar-refractivity contribution >= 4 is 5.97 Å². The summed E-state index contributed by atoms with van der Waals surface area (Å²) in [5.74, 6) is 0.789. The van der Waals surface area contributed by atoms with Gasteiger partial charge in [-0.3, -0.25) is 0 Å². The van der Waals surface area contributed by atoms with E-state index in [2.05, 4.69) is 4.98 Å². The lowest BCUT2D eigenvalue weighted by molar-refractivity contribution is 0.0432. The minimum absolute atomic E-state index is 0.0204.